The molecule has 2 aromatic rings. The van der Waals surface area contributed by atoms with Gasteiger partial charge in [0.15, 0.2) is 0 Å². The molecule has 1 heterocycles. The number of halogens is 4. The SMILES string of the molecule is N[C@H](c1ccc(C(F)(F)F)cc1)c1ccncc1Br. The van der Waals surface area contributed by atoms with Gasteiger partial charge in [0, 0.05) is 16.9 Å². The number of alkyl halides is 3. The molecular weight excluding hydrogens is 321 g/mol. The fourth-order valence-electron chi connectivity index (χ4n) is 1.70. The predicted octanol–water partition coefficient (Wildman–Crippen LogP) is 3.91. The van der Waals surface area contributed by atoms with Gasteiger partial charge in [-0.2, -0.15) is 13.2 Å². The summed E-state index contributed by atoms with van der Waals surface area (Å²) < 4.78 is 38.1. The molecule has 1 atom stereocenters. The van der Waals surface area contributed by atoms with Crippen molar-refractivity contribution >= 4 is 15.9 Å². The maximum absolute atomic E-state index is 12.5. The van der Waals surface area contributed by atoms with E-state index in [1.54, 1.807) is 18.5 Å². The molecular formula is C13H10BrF3N2. The Labute approximate surface area is 116 Å². The van der Waals surface area contributed by atoms with Crippen molar-refractivity contribution < 1.29 is 13.2 Å². The molecule has 1 aromatic carbocycles. The second-order valence-corrected chi connectivity index (χ2v) is 4.85. The lowest BCUT2D eigenvalue weighted by Crippen LogP contribution is -2.13. The van der Waals surface area contributed by atoms with Crippen molar-refractivity contribution in [3.8, 4) is 0 Å². The number of aromatic nitrogens is 1. The molecule has 1 aromatic heterocycles. The second kappa shape index (κ2) is 5.30. The fraction of sp³-hybridized carbons (Fsp3) is 0.154. The van der Waals surface area contributed by atoms with Crippen LogP contribution in [-0.4, -0.2) is 4.98 Å². The lowest BCUT2D eigenvalue weighted by molar-refractivity contribution is -0.137. The average molecular weight is 331 g/mol. The van der Waals surface area contributed by atoms with Gasteiger partial charge in [0.1, 0.15) is 0 Å². The van der Waals surface area contributed by atoms with Crippen LogP contribution in [0.3, 0.4) is 0 Å². The Balaban J connectivity index is 2.31. The minimum absolute atomic E-state index is 0.500. The van der Waals surface area contributed by atoms with Crippen LogP contribution in [-0.2, 0) is 6.18 Å². The van der Waals surface area contributed by atoms with Crippen LogP contribution >= 0.6 is 15.9 Å². The van der Waals surface area contributed by atoms with E-state index >= 15 is 0 Å². The van der Waals surface area contributed by atoms with Crippen molar-refractivity contribution in [3.05, 3.63) is 63.9 Å². The zero-order chi connectivity index (χ0) is 14.0. The van der Waals surface area contributed by atoms with Crippen molar-refractivity contribution in [3.63, 3.8) is 0 Å². The van der Waals surface area contributed by atoms with Gasteiger partial charge in [0.2, 0.25) is 0 Å². The van der Waals surface area contributed by atoms with Gasteiger partial charge in [-0.25, -0.2) is 0 Å². The Hall–Kier alpha value is -1.40. The number of nitrogens with zero attached hydrogens (tertiary/aromatic N) is 1. The van der Waals surface area contributed by atoms with E-state index in [1.165, 1.54) is 12.1 Å². The van der Waals surface area contributed by atoms with Gasteiger partial charge >= 0.3 is 6.18 Å². The number of hydrogen-bond acceptors (Lipinski definition) is 2. The van der Waals surface area contributed by atoms with E-state index in [1.807, 2.05) is 0 Å². The summed E-state index contributed by atoms with van der Waals surface area (Å²) in [5.41, 5.74) is 6.74. The third kappa shape index (κ3) is 3.13. The third-order valence-electron chi connectivity index (χ3n) is 2.74. The molecule has 0 bridgehead atoms. The molecule has 0 spiro atoms. The summed E-state index contributed by atoms with van der Waals surface area (Å²) in [6.45, 7) is 0. The maximum atomic E-state index is 12.5. The van der Waals surface area contributed by atoms with Crippen molar-refractivity contribution in [1.82, 2.24) is 4.98 Å². The summed E-state index contributed by atoms with van der Waals surface area (Å²) in [7, 11) is 0. The van der Waals surface area contributed by atoms with Gasteiger partial charge in [0.25, 0.3) is 0 Å². The molecule has 2 rings (SSSR count). The highest BCUT2D eigenvalue weighted by Gasteiger charge is 2.30. The number of benzene rings is 1. The molecule has 0 amide bonds. The van der Waals surface area contributed by atoms with Gasteiger partial charge in [0.05, 0.1) is 11.6 Å². The quantitative estimate of drug-likeness (QED) is 0.906. The van der Waals surface area contributed by atoms with Crippen LogP contribution in [0.5, 0.6) is 0 Å². The van der Waals surface area contributed by atoms with Crippen LogP contribution in [0.4, 0.5) is 13.2 Å². The monoisotopic (exact) mass is 330 g/mol. The first-order valence-corrected chi connectivity index (χ1v) is 6.21. The van der Waals surface area contributed by atoms with Crippen LogP contribution in [0.25, 0.3) is 0 Å². The molecule has 0 aliphatic carbocycles. The lowest BCUT2D eigenvalue weighted by Gasteiger charge is -2.15. The van der Waals surface area contributed by atoms with E-state index in [0.717, 1.165) is 22.2 Å². The Morgan fingerprint density at radius 1 is 1.11 bits per heavy atom. The zero-order valence-corrected chi connectivity index (χ0v) is 11.2. The Morgan fingerprint density at radius 2 is 1.74 bits per heavy atom. The fourth-order valence-corrected chi connectivity index (χ4v) is 2.19. The van der Waals surface area contributed by atoms with Gasteiger partial charge in [-0.15, -0.1) is 0 Å². The zero-order valence-electron chi connectivity index (χ0n) is 9.66. The van der Waals surface area contributed by atoms with Crippen molar-refractivity contribution in [2.75, 3.05) is 0 Å². The largest absolute Gasteiger partial charge is 0.416 e. The van der Waals surface area contributed by atoms with E-state index < -0.39 is 17.8 Å². The topological polar surface area (TPSA) is 38.9 Å². The molecule has 100 valence electrons. The average Bonchev–Trinajstić information content (AvgIpc) is 2.38. The van der Waals surface area contributed by atoms with Crippen LogP contribution in [0.1, 0.15) is 22.7 Å². The molecule has 19 heavy (non-hydrogen) atoms. The molecule has 0 saturated carbocycles. The Morgan fingerprint density at radius 3 is 2.26 bits per heavy atom. The number of hydrogen-bond donors (Lipinski definition) is 1. The van der Waals surface area contributed by atoms with E-state index in [2.05, 4.69) is 20.9 Å². The number of nitrogens with two attached hydrogens (primary N) is 1. The van der Waals surface area contributed by atoms with Crippen LogP contribution in [0, 0.1) is 0 Å². The van der Waals surface area contributed by atoms with E-state index in [0.29, 0.717) is 5.56 Å². The molecule has 0 fully saturated rings. The minimum Gasteiger partial charge on any atom is -0.320 e. The smallest absolute Gasteiger partial charge is 0.320 e. The van der Waals surface area contributed by atoms with Crippen molar-refractivity contribution in [2.45, 2.75) is 12.2 Å². The Kier molecular flexibility index (Phi) is 3.91. The molecule has 0 unspecified atom stereocenters. The second-order valence-electron chi connectivity index (χ2n) is 3.99. The number of rotatable bonds is 2. The van der Waals surface area contributed by atoms with Gasteiger partial charge in [-0.05, 0) is 45.3 Å². The van der Waals surface area contributed by atoms with Crippen molar-refractivity contribution in [2.24, 2.45) is 5.73 Å². The molecule has 2 N–H and O–H groups in total. The Bertz CT molecular complexity index is 567. The molecule has 6 heteroatoms. The first-order chi connectivity index (χ1) is 8.89. The van der Waals surface area contributed by atoms with Gasteiger partial charge < -0.3 is 5.73 Å². The minimum atomic E-state index is -4.33. The lowest BCUT2D eigenvalue weighted by atomic mass is 9.99. The standard InChI is InChI=1S/C13H10BrF3N2/c14-11-7-19-6-5-10(11)12(18)8-1-3-9(4-2-8)13(15,16)17/h1-7,12H,18H2/t12-/m1/s1. The summed E-state index contributed by atoms with van der Waals surface area (Å²) >= 11 is 3.32. The van der Waals surface area contributed by atoms with E-state index in [-0.39, 0.29) is 0 Å². The highest BCUT2D eigenvalue weighted by molar-refractivity contribution is 9.10. The summed E-state index contributed by atoms with van der Waals surface area (Å²) in [6.07, 6.45) is -1.15. The summed E-state index contributed by atoms with van der Waals surface area (Å²) in [5, 5.41) is 0. The van der Waals surface area contributed by atoms with E-state index in [4.69, 9.17) is 5.73 Å². The highest BCUT2D eigenvalue weighted by Crippen LogP contribution is 2.31. The third-order valence-corrected chi connectivity index (χ3v) is 3.40. The van der Waals surface area contributed by atoms with E-state index in [9.17, 15) is 13.2 Å². The maximum Gasteiger partial charge on any atom is 0.416 e. The van der Waals surface area contributed by atoms with Gasteiger partial charge in [-0.3, -0.25) is 4.98 Å². The molecule has 0 aliphatic heterocycles. The van der Waals surface area contributed by atoms with Crippen LogP contribution in [0.15, 0.2) is 47.2 Å². The number of pyridine rings is 1. The molecule has 0 radical (unpaired) electrons. The highest BCUT2D eigenvalue weighted by atomic mass is 79.9. The summed E-state index contributed by atoms with van der Waals surface area (Å²) in [5.74, 6) is 0. The molecule has 0 aliphatic rings. The first kappa shape index (κ1) is 14.0. The predicted molar refractivity (Wildman–Crippen MR) is 69.4 cm³/mol. The van der Waals surface area contributed by atoms with Crippen LogP contribution < -0.4 is 5.73 Å². The van der Waals surface area contributed by atoms with Crippen molar-refractivity contribution in [1.29, 1.82) is 0 Å². The molecule has 2 nitrogen and oxygen atoms in total. The molecule has 0 saturated heterocycles. The van der Waals surface area contributed by atoms with Crippen LogP contribution in [0.2, 0.25) is 0 Å². The summed E-state index contributed by atoms with van der Waals surface area (Å²) in [4.78, 5) is 3.92. The first-order valence-electron chi connectivity index (χ1n) is 5.42. The van der Waals surface area contributed by atoms with Gasteiger partial charge in [-0.1, -0.05) is 12.1 Å². The summed E-state index contributed by atoms with van der Waals surface area (Å²) in [6, 6.07) is 6.07. The normalized spacial score (nSPS) is 13.3.